The fraction of sp³-hybridized carbons (Fsp3) is 0.217. The largest absolute Gasteiger partial charge is 0.507 e. The summed E-state index contributed by atoms with van der Waals surface area (Å²) in [6.07, 6.45) is 1.08. The van der Waals surface area contributed by atoms with Crippen LogP contribution < -0.4 is 20.8 Å². The first kappa shape index (κ1) is 26.1. The smallest absolute Gasteiger partial charge is 0.338 e. The molecule has 12 nitrogen and oxygen atoms in total. The Kier molecular flexibility index (Phi) is 8.52. The van der Waals surface area contributed by atoms with Gasteiger partial charge in [-0.15, -0.1) is 0 Å². The molecule has 1 heterocycles. The number of nitro benzene ring substituents is 1. The van der Waals surface area contributed by atoms with E-state index in [0.29, 0.717) is 27.7 Å². The number of rotatable bonds is 9. The Hall–Kier alpha value is -4.52. The monoisotopic (exact) mass is 513 g/mol. The SMILES string of the molecule is CCOC(=O)C1=C(C)NC(=S)N[C@@H]1c1ccccc1OCC(=O)NN=Cc1cc([N+](=O)[O-])ccc1O. The maximum atomic E-state index is 12.6. The predicted molar refractivity (Wildman–Crippen MR) is 133 cm³/mol. The molecule has 0 saturated heterocycles. The zero-order valence-corrected chi connectivity index (χ0v) is 20.1. The second-order valence-corrected chi connectivity index (χ2v) is 7.82. The number of nitro groups is 1. The number of benzene rings is 2. The number of phenols is 1. The molecule has 0 saturated carbocycles. The Balaban J connectivity index is 1.72. The van der Waals surface area contributed by atoms with Crippen molar-refractivity contribution in [2.45, 2.75) is 19.9 Å². The van der Waals surface area contributed by atoms with Gasteiger partial charge in [0.2, 0.25) is 0 Å². The van der Waals surface area contributed by atoms with Crippen molar-refractivity contribution in [2.75, 3.05) is 13.2 Å². The standard InChI is InChI=1S/C23H23N5O7S/c1-3-34-22(31)20-13(2)25-23(36)26-21(20)16-6-4-5-7-18(16)35-12-19(30)27-24-11-14-10-15(28(32)33)8-9-17(14)29/h4-11,21,29H,3,12H2,1-2H3,(H,27,30)(H2,25,26,36)/t21-/m1/s1. The van der Waals surface area contributed by atoms with E-state index in [0.717, 1.165) is 24.4 Å². The van der Waals surface area contributed by atoms with E-state index in [-0.39, 0.29) is 23.6 Å². The molecular formula is C23H23N5O7S. The molecule has 1 amide bonds. The minimum absolute atomic E-state index is 0.0531. The molecule has 0 fully saturated rings. The predicted octanol–water partition coefficient (Wildman–Crippen LogP) is 2.19. The number of para-hydroxylation sites is 1. The molecular weight excluding hydrogens is 490 g/mol. The number of carbonyl (C=O) groups is 2. The third kappa shape index (κ3) is 6.33. The van der Waals surface area contributed by atoms with Gasteiger partial charge >= 0.3 is 5.97 Å². The van der Waals surface area contributed by atoms with Gasteiger partial charge in [0.1, 0.15) is 11.5 Å². The van der Waals surface area contributed by atoms with Gasteiger partial charge in [0.05, 0.1) is 29.4 Å². The summed E-state index contributed by atoms with van der Waals surface area (Å²) in [5.41, 5.74) is 3.46. The highest BCUT2D eigenvalue weighted by molar-refractivity contribution is 7.80. The van der Waals surface area contributed by atoms with E-state index in [2.05, 4.69) is 21.2 Å². The lowest BCUT2D eigenvalue weighted by Crippen LogP contribution is -2.45. The van der Waals surface area contributed by atoms with Crippen LogP contribution in [0.2, 0.25) is 0 Å². The Labute approximate surface area is 211 Å². The minimum atomic E-state index is -0.674. The highest BCUT2D eigenvalue weighted by Gasteiger charge is 2.32. The van der Waals surface area contributed by atoms with Crippen LogP contribution in [0.3, 0.4) is 0 Å². The highest BCUT2D eigenvalue weighted by Crippen LogP contribution is 2.33. The van der Waals surface area contributed by atoms with Gasteiger partial charge in [-0.1, -0.05) is 18.2 Å². The quantitative estimate of drug-likeness (QED) is 0.128. The van der Waals surface area contributed by atoms with Crippen molar-refractivity contribution >= 4 is 41.1 Å². The molecule has 0 unspecified atom stereocenters. The number of thiocarbonyl (C=S) groups is 1. The number of phenolic OH excluding ortho intramolecular Hbond substituents is 1. The summed E-state index contributed by atoms with van der Waals surface area (Å²) in [5, 5.41) is 30.7. The van der Waals surface area contributed by atoms with Crippen molar-refractivity contribution in [3.05, 3.63) is 75.0 Å². The Morgan fingerprint density at radius 2 is 2.06 bits per heavy atom. The third-order valence-electron chi connectivity index (χ3n) is 4.97. The lowest BCUT2D eigenvalue weighted by Gasteiger charge is -2.30. The van der Waals surface area contributed by atoms with Gasteiger partial charge in [-0.05, 0) is 38.2 Å². The molecule has 1 aliphatic rings. The fourth-order valence-electron chi connectivity index (χ4n) is 3.37. The molecule has 0 aliphatic carbocycles. The first-order valence-electron chi connectivity index (χ1n) is 10.7. The number of aromatic hydroxyl groups is 1. The summed E-state index contributed by atoms with van der Waals surface area (Å²) in [4.78, 5) is 35.1. The van der Waals surface area contributed by atoms with Crippen LogP contribution in [-0.2, 0) is 14.3 Å². The maximum Gasteiger partial charge on any atom is 0.338 e. The van der Waals surface area contributed by atoms with Crippen molar-refractivity contribution in [1.29, 1.82) is 0 Å². The van der Waals surface area contributed by atoms with Crippen molar-refractivity contribution in [3.8, 4) is 11.5 Å². The molecule has 0 radical (unpaired) electrons. The van der Waals surface area contributed by atoms with Crippen LogP contribution in [0.1, 0.15) is 31.0 Å². The van der Waals surface area contributed by atoms with Crippen LogP contribution in [0.4, 0.5) is 5.69 Å². The van der Waals surface area contributed by atoms with Crippen LogP contribution >= 0.6 is 12.2 Å². The minimum Gasteiger partial charge on any atom is -0.507 e. The molecule has 13 heteroatoms. The normalized spacial score (nSPS) is 15.2. The second kappa shape index (κ2) is 11.8. The second-order valence-electron chi connectivity index (χ2n) is 7.41. The van der Waals surface area contributed by atoms with Gasteiger partial charge in [-0.3, -0.25) is 14.9 Å². The summed E-state index contributed by atoms with van der Waals surface area (Å²) in [6.45, 7) is 3.18. The van der Waals surface area contributed by atoms with E-state index >= 15 is 0 Å². The Bertz CT molecular complexity index is 1260. The molecule has 36 heavy (non-hydrogen) atoms. The fourth-order valence-corrected chi connectivity index (χ4v) is 3.64. The lowest BCUT2D eigenvalue weighted by molar-refractivity contribution is -0.384. The number of ether oxygens (including phenoxy) is 2. The van der Waals surface area contributed by atoms with Crippen LogP contribution in [0.25, 0.3) is 0 Å². The summed E-state index contributed by atoms with van der Waals surface area (Å²) < 4.78 is 10.9. The number of nitrogens with one attached hydrogen (secondary N) is 3. The lowest BCUT2D eigenvalue weighted by atomic mass is 9.95. The number of esters is 1. The van der Waals surface area contributed by atoms with Crippen LogP contribution in [-0.4, -0.2) is 46.4 Å². The van der Waals surface area contributed by atoms with Crippen LogP contribution in [0.5, 0.6) is 11.5 Å². The molecule has 2 aromatic rings. The summed E-state index contributed by atoms with van der Waals surface area (Å²) in [7, 11) is 0. The first-order chi connectivity index (χ1) is 17.2. The maximum absolute atomic E-state index is 12.6. The van der Waals surface area contributed by atoms with Gasteiger partial charge in [0, 0.05) is 29.0 Å². The molecule has 3 rings (SSSR count). The molecule has 4 N–H and O–H groups in total. The van der Waals surface area contributed by atoms with Crippen LogP contribution in [0.15, 0.2) is 58.8 Å². The number of nitrogens with zero attached hydrogens (tertiary/aromatic N) is 2. The van der Waals surface area contributed by atoms with E-state index in [1.807, 2.05) is 0 Å². The topological polar surface area (TPSA) is 164 Å². The number of hydrogen-bond donors (Lipinski definition) is 4. The van der Waals surface area contributed by atoms with Gasteiger partial charge in [-0.25, -0.2) is 10.2 Å². The molecule has 0 aromatic heterocycles. The average Bonchev–Trinajstić information content (AvgIpc) is 2.83. The molecule has 0 spiro atoms. The molecule has 1 atom stereocenters. The summed E-state index contributed by atoms with van der Waals surface area (Å²) >= 11 is 5.25. The number of hydrazone groups is 1. The van der Waals surface area contributed by atoms with Gasteiger partial charge in [0.15, 0.2) is 11.7 Å². The van der Waals surface area contributed by atoms with Crippen molar-refractivity contribution < 1.29 is 29.1 Å². The van der Waals surface area contributed by atoms with Crippen molar-refractivity contribution in [2.24, 2.45) is 5.10 Å². The number of allylic oxidation sites excluding steroid dienone is 1. The zero-order chi connectivity index (χ0) is 26.2. The molecule has 0 bridgehead atoms. The average molecular weight is 514 g/mol. The van der Waals surface area contributed by atoms with E-state index in [9.17, 15) is 24.8 Å². The number of non-ortho nitro benzene ring substituents is 1. The van der Waals surface area contributed by atoms with Crippen molar-refractivity contribution in [3.63, 3.8) is 0 Å². The first-order valence-corrected chi connectivity index (χ1v) is 11.1. The Morgan fingerprint density at radius 3 is 2.78 bits per heavy atom. The van der Waals surface area contributed by atoms with E-state index < -0.39 is 29.4 Å². The van der Waals surface area contributed by atoms with E-state index in [1.54, 1.807) is 38.1 Å². The Morgan fingerprint density at radius 1 is 1.31 bits per heavy atom. The number of hydrogen-bond acceptors (Lipinski definition) is 9. The van der Waals surface area contributed by atoms with E-state index in [1.165, 1.54) is 0 Å². The van der Waals surface area contributed by atoms with Crippen LogP contribution in [0, 0.1) is 10.1 Å². The number of amides is 1. The molecule has 1 aliphatic heterocycles. The van der Waals surface area contributed by atoms with Gasteiger partial charge in [-0.2, -0.15) is 5.10 Å². The van der Waals surface area contributed by atoms with Gasteiger partial charge < -0.3 is 25.2 Å². The summed E-state index contributed by atoms with van der Waals surface area (Å²) in [6, 6.07) is 9.57. The zero-order valence-electron chi connectivity index (χ0n) is 19.3. The van der Waals surface area contributed by atoms with Gasteiger partial charge in [0.25, 0.3) is 11.6 Å². The molecule has 2 aromatic carbocycles. The molecule has 188 valence electrons. The highest BCUT2D eigenvalue weighted by atomic mass is 32.1. The van der Waals surface area contributed by atoms with Crippen molar-refractivity contribution in [1.82, 2.24) is 16.1 Å². The van der Waals surface area contributed by atoms with E-state index in [4.69, 9.17) is 21.7 Å². The number of carbonyl (C=O) groups excluding carboxylic acids is 2. The third-order valence-corrected chi connectivity index (χ3v) is 5.19. The summed E-state index contributed by atoms with van der Waals surface area (Å²) in [5.74, 6) is -1.06.